The molecular formula is C12H10BrN3O3. The van der Waals surface area contributed by atoms with E-state index in [1.807, 2.05) is 6.07 Å². The van der Waals surface area contributed by atoms with Gasteiger partial charge in [0.15, 0.2) is 5.82 Å². The van der Waals surface area contributed by atoms with E-state index in [0.717, 1.165) is 4.47 Å². The molecule has 0 saturated heterocycles. The molecule has 0 fully saturated rings. The van der Waals surface area contributed by atoms with Crippen molar-refractivity contribution in [3.05, 3.63) is 40.6 Å². The summed E-state index contributed by atoms with van der Waals surface area (Å²) < 4.78 is 5.58. The molecule has 0 aliphatic rings. The molecular weight excluding hydrogens is 314 g/mol. The second kappa shape index (κ2) is 5.66. The molecule has 0 aliphatic heterocycles. The Hall–Kier alpha value is -2.15. The number of nitrogens with zero attached hydrogens (tertiary/aromatic N) is 1. The summed E-state index contributed by atoms with van der Waals surface area (Å²) in [6.07, 6.45) is 0. The third-order valence-corrected chi connectivity index (χ3v) is 2.65. The molecule has 0 atom stereocenters. The predicted octanol–water partition coefficient (Wildman–Crippen LogP) is 2.32. The summed E-state index contributed by atoms with van der Waals surface area (Å²) in [5.41, 5.74) is 0.519. The van der Waals surface area contributed by atoms with Crippen molar-refractivity contribution in [1.29, 1.82) is 0 Å². The molecule has 0 radical (unpaired) electrons. The lowest BCUT2D eigenvalue weighted by atomic mass is 10.3. The monoisotopic (exact) mass is 323 g/mol. The number of hydrogen-bond donors (Lipinski definition) is 2. The van der Waals surface area contributed by atoms with Crippen LogP contribution in [0.15, 0.2) is 39.3 Å². The minimum atomic E-state index is -0.812. The number of amides is 2. The van der Waals surface area contributed by atoms with Crippen LogP contribution in [0.4, 0.5) is 11.5 Å². The van der Waals surface area contributed by atoms with E-state index in [-0.39, 0.29) is 5.82 Å². The molecule has 2 aromatic rings. The van der Waals surface area contributed by atoms with Gasteiger partial charge in [-0.05, 0) is 25.1 Å². The van der Waals surface area contributed by atoms with E-state index in [4.69, 9.17) is 4.52 Å². The molecule has 0 unspecified atom stereocenters. The van der Waals surface area contributed by atoms with Crippen LogP contribution in [0.5, 0.6) is 0 Å². The van der Waals surface area contributed by atoms with Crippen LogP contribution >= 0.6 is 15.9 Å². The molecule has 1 aromatic carbocycles. The van der Waals surface area contributed by atoms with Gasteiger partial charge in [-0.15, -0.1) is 0 Å². The fourth-order valence-electron chi connectivity index (χ4n) is 1.35. The van der Waals surface area contributed by atoms with E-state index in [0.29, 0.717) is 11.4 Å². The molecule has 2 N–H and O–H groups in total. The highest BCUT2D eigenvalue weighted by atomic mass is 79.9. The van der Waals surface area contributed by atoms with Crippen molar-refractivity contribution in [1.82, 2.24) is 5.16 Å². The summed E-state index contributed by atoms with van der Waals surface area (Å²) in [7, 11) is 0. The van der Waals surface area contributed by atoms with Crippen molar-refractivity contribution in [2.45, 2.75) is 6.92 Å². The van der Waals surface area contributed by atoms with Crippen LogP contribution in [0.25, 0.3) is 0 Å². The summed E-state index contributed by atoms with van der Waals surface area (Å²) in [6, 6.07) is 8.44. The maximum atomic E-state index is 11.6. The zero-order chi connectivity index (χ0) is 13.8. The van der Waals surface area contributed by atoms with Crippen LogP contribution < -0.4 is 10.6 Å². The van der Waals surface area contributed by atoms with Crippen molar-refractivity contribution >= 4 is 39.2 Å². The number of anilines is 2. The van der Waals surface area contributed by atoms with E-state index in [9.17, 15) is 9.59 Å². The van der Waals surface area contributed by atoms with Gasteiger partial charge in [0.05, 0.1) is 0 Å². The van der Waals surface area contributed by atoms with Crippen LogP contribution in [-0.2, 0) is 9.59 Å². The highest BCUT2D eigenvalue weighted by Crippen LogP contribution is 2.15. The van der Waals surface area contributed by atoms with Crippen molar-refractivity contribution in [2.24, 2.45) is 0 Å². The van der Waals surface area contributed by atoms with Crippen molar-refractivity contribution in [3.8, 4) is 0 Å². The number of carbonyl (C=O) groups excluding carboxylic acids is 2. The van der Waals surface area contributed by atoms with Gasteiger partial charge in [0.2, 0.25) is 0 Å². The van der Waals surface area contributed by atoms with E-state index in [1.54, 1.807) is 25.1 Å². The largest absolute Gasteiger partial charge is 0.360 e. The Morgan fingerprint density at radius 1 is 1.21 bits per heavy atom. The van der Waals surface area contributed by atoms with Gasteiger partial charge in [0, 0.05) is 16.2 Å². The quantitative estimate of drug-likeness (QED) is 0.831. The minimum absolute atomic E-state index is 0.201. The molecule has 0 aliphatic carbocycles. The van der Waals surface area contributed by atoms with Crippen LogP contribution in [0.2, 0.25) is 0 Å². The molecule has 6 nitrogen and oxygen atoms in total. The van der Waals surface area contributed by atoms with E-state index in [1.165, 1.54) is 6.07 Å². The van der Waals surface area contributed by atoms with Gasteiger partial charge in [-0.1, -0.05) is 27.2 Å². The number of benzene rings is 1. The standard InChI is InChI=1S/C12H10BrN3O3/c1-7-5-10(16-19-7)15-12(18)11(17)14-9-4-2-3-8(13)6-9/h2-6H,1H3,(H,14,17)(H,15,16,18). The first kappa shape index (κ1) is 13.3. The minimum Gasteiger partial charge on any atom is -0.360 e. The van der Waals surface area contributed by atoms with Gasteiger partial charge in [0.1, 0.15) is 5.76 Å². The Morgan fingerprint density at radius 2 is 1.95 bits per heavy atom. The highest BCUT2D eigenvalue weighted by Gasteiger charge is 2.15. The lowest BCUT2D eigenvalue weighted by molar-refractivity contribution is -0.133. The van der Waals surface area contributed by atoms with Crippen molar-refractivity contribution in [3.63, 3.8) is 0 Å². The Bertz CT molecular complexity index is 624. The van der Waals surface area contributed by atoms with Crippen LogP contribution in [0.3, 0.4) is 0 Å². The maximum absolute atomic E-state index is 11.6. The lowest BCUT2D eigenvalue weighted by Gasteiger charge is -2.04. The molecule has 1 aromatic heterocycles. The molecule has 0 spiro atoms. The molecule has 2 rings (SSSR count). The normalized spacial score (nSPS) is 10.0. The zero-order valence-corrected chi connectivity index (χ0v) is 11.5. The summed E-state index contributed by atoms with van der Waals surface area (Å²) in [5.74, 6) is -0.846. The molecule has 2 amide bonds. The Morgan fingerprint density at radius 3 is 2.58 bits per heavy atom. The topological polar surface area (TPSA) is 84.2 Å². The number of hydrogen-bond acceptors (Lipinski definition) is 4. The predicted molar refractivity (Wildman–Crippen MR) is 72.6 cm³/mol. The Kier molecular flexibility index (Phi) is 3.96. The molecule has 0 saturated carbocycles. The van der Waals surface area contributed by atoms with E-state index < -0.39 is 11.8 Å². The molecule has 1 heterocycles. The number of nitrogens with one attached hydrogen (secondary N) is 2. The van der Waals surface area contributed by atoms with E-state index >= 15 is 0 Å². The van der Waals surface area contributed by atoms with E-state index in [2.05, 4.69) is 31.7 Å². The summed E-state index contributed by atoms with van der Waals surface area (Å²) in [6.45, 7) is 1.68. The number of aryl methyl sites for hydroxylation is 1. The first-order valence-corrected chi connectivity index (χ1v) is 6.15. The number of aromatic nitrogens is 1. The molecule has 19 heavy (non-hydrogen) atoms. The first-order valence-electron chi connectivity index (χ1n) is 5.36. The third-order valence-electron chi connectivity index (χ3n) is 2.16. The maximum Gasteiger partial charge on any atom is 0.315 e. The highest BCUT2D eigenvalue weighted by molar-refractivity contribution is 9.10. The number of halogens is 1. The fraction of sp³-hybridized carbons (Fsp3) is 0.0833. The zero-order valence-electron chi connectivity index (χ0n) is 9.94. The van der Waals surface area contributed by atoms with Gasteiger partial charge in [-0.3, -0.25) is 14.9 Å². The molecule has 98 valence electrons. The van der Waals surface area contributed by atoms with Gasteiger partial charge < -0.3 is 9.84 Å². The van der Waals surface area contributed by atoms with Crippen LogP contribution in [-0.4, -0.2) is 17.0 Å². The third kappa shape index (κ3) is 3.65. The van der Waals surface area contributed by atoms with Gasteiger partial charge in [0.25, 0.3) is 0 Å². The van der Waals surface area contributed by atoms with Gasteiger partial charge in [-0.25, -0.2) is 0 Å². The number of rotatable bonds is 2. The Labute approximate surface area is 117 Å². The summed E-state index contributed by atoms with van der Waals surface area (Å²) in [5, 5.41) is 8.36. The first-order chi connectivity index (χ1) is 9.04. The average molecular weight is 324 g/mol. The second-order valence-corrected chi connectivity index (χ2v) is 4.66. The van der Waals surface area contributed by atoms with Gasteiger partial charge >= 0.3 is 11.8 Å². The fourth-order valence-corrected chi connectivity index (χ4v) is 1.75. The molecule has 7 heteroatoms. The van der Waals surface area contributed by atoms with Crippen molar-refractivity contribution < 1.29 is 14.1 Å². The summed E-state index contributed by atoms with van der Waals surface area (Å²) >= 11 is 3.27. The smallest absolute Gasteiger partial charge is 0.315 e. The second-order valence-electron chi connectivity index (χ2n) is 3.74. The number of carbonyl (C=O) groups is 2. The molecule has 0 bridgehead atoms. The lowest BCUT2D eigenvalue weighted by Crippen LogP contribution is -2.29. The summed E-state index contributed by atoms with van der Waals surface area (Å²) in [4.78, 5) is 23.2. The Balaban J connectivity index is 1.98. The van der Waals surface area contributed by atoms with Crippen molar-refractivity contribution in [2.75, 3.05) is 10.6 Å². The average Bonchev–Trinajstić information content (AvgIpc) is 2.74. The van der Waals surface area contributed by atoms with Crippen LogP contribution in [0.1, 0.15) is 5.76 Å². The van der Waals surface area contributed by atoms with Gasteiger partial charge in [-0.2, -0.15) is 0 Å². The van der Waals surface area contributed by atoms with Crippen LogP contribution in [0, 0.1) is 6.92 Å². The SMILES string of the molecule is Cc1cc(NC(=O)C(=O)Nc2cccc(Br)c2)no1.